The van der Waals surface area contributed by atoms with Crippen molar-refractivity contribution >= 4 is 38.7 Å². The molecule has 0 saturated heterocycles. The van der Waals surface area contributed by atoms with Gasteiger partial charge >= 0.3 is 5.84 Å². The molecule has 0 unspecified atom stereocenters. The number of para-hydroxylation sites is 4. The summed E-state index contributed by atoms with van der Waals surface area (Å²) in [6.07, 6.45) is 0. The second-order valence-electron chi connectivity index (χ2n) is 7.71. The van der Waals surface area contributed by atoms with Gasteiger partial charge in [-0.3, -0.25) is 4.57 Å². The number of fused-ring (bicyclic) bond motifs is 6. The van der Waals surface area contributed by atoms with Crippen molar-refractivity contribution in [2.75, 3.05) is 0 Å². The molecule has 0 aliphatic rings. The summed E-state index contributed by atoms with van der Waals surface area (Å²) in [6.45, 7) is 0. The van der Waals surface area contributed by atoms with Gasteiger partial charge in [0, 0.05) is 16.3 Å². The zero-order valence-electron chi connectivity index (χ0n) is 16.6. The minimum Gasteiger partial charge on any atom is -0.423 e. The molecule has 7 aromatic rings. The third kappa shape index (κ3) is 2.21. The van der Waals surface area contributed by atoms with Crippen molar-refractivity contribution in [2.24, 2.45) is 0 Å². The van der Waals surface area contributed by atoms with Crippen LogP contribution < -0.4 is 0 Å². The van der Waals surface area contributed by atoms with E-state index in [1.807, 2.05) is 36.4 Å². The Kier molecular flexibility index (Phi) is 3.24. The van der Waals surface area contributed by atoms with E-state index in [0.29, 0.717) is 5.84 Å². The van der Waals surface area contributed by atoms with Gasteiger partial charge in [0.2, 0.25) is 0 Å². The van der Waals surface area contributed by atoms with E-state index in [-0.39, 0.29) is 0 Å². The highest BCUT2D eigenvalue weighted by Crippen LogP contribution is 2.38. The molecule has 31 heavy (non-hydrogen) atoms. The van der Waals surface area contributed by atoms with Crippen LogP contribution in [-0.2, 0) is 0 Å². The Morgan fingerprint density at radius 2 is 1.16 bits per heavy atom. The predicted octanol–water partition coefficient (Wildman–Crippen LogP) is 6.84. The number of oxazole rings is 1. The molecule has 0 aliphatic carbocycles. The van der Waals surface area contributed by atoms with Crippen LogP contribution in [0.3, 0.4) is 0 Å². The molecule has 0 N–H and O–H groups in total. The van der Waals surface area contributed by atoms with Gasteiger partial charge in [0.15, 0.2) is 11.4 Å². The number of rotatable bonds is 2. The van der Waals surface area contributed by atoms with Crippen molar-refractivity contribution < 1.29 is 4.42 Å². The molecule has 0 spiro atoms. The molecule has 7 rings (SSSR count). The zero-order chi connectivity index (χ0) is 20.4. The second-order valence-corrected chi connectivity index (χ2v) is 7.71. The molecular weight excluding hydrogens is 382 g/mol. The molecule has 0 amide bonds. The van der Waals surface area contributed by atoms with Gasteiger partial charge in [-0.1, -0.05) is 78.9 Å². The third-order valence-corrected chi connectivity index (χ3v) is 5.97. The molecule has 146 valence electrons. The monoisotopic (exact) mass is 399 g/mol. The van der Waals surface area contributed by atoms with Gasteiger partial charge in [-0.2, -0.15) is 4.98 Å². The molecule has 0 aliphatic heterocycles. The van der Waals surface area contributed by atoms with E-state index in [9.17, 15) is 0 Å². The number of hydrogen-bond donors (Lipinski definition) is 0. The maximum absolute atomic E-state index is 6.16. The number of aromatic nitrogens is 3. The Balaban J connectivity index is 1.74. The summed E-state index contributed by atoms with van der Waals surface area (Å²) >= 11 is 0. The summed E-state index contributed by atoms with van der Waals surface area (Å²) in [5.74, 6) is 1.58. The Bertz CT molecular complexity index is 1680. The van der Waals surface area contributed by atoms with Gasteiger partial charge in [-0.25, -0.2) is 4.40 Å². The van der Waals surface area contributed by atoms with Crippen LogP contribution in [0.25, 0.3) is 55.8 Å². The van der Waals surface area contributed by atoms with E-state index in [0.717, 1.165) is 39.2 Å². The molecule has 4 aromatic carbocycles. The predicted molar refractivity (Wildman–Crippen MR) is 125 cm³/mol. The van der Waals surface area contributed by atoms with Gasteiger partial charge in [-0.05, 0) is 24.3 Å². The van der Waals surface area contributed by atoms with Crippen molar-refractivity contribution in [1.82, 2.24) is 14.0 Å². The first-order valence-electron chi connectivity index (χ1n) is 10.3. The van der Waals surface area contributed by atoms with Crippen LogP contribution in [0.15, 0.2) is 108 Å². The minimum absolute atomic E-state index is 0.594. The maximum atomic E-state index is 6.16. The molecule has 3 aromatic heterocycles. The van der Waals surface area contributed by atoms with E-state index in [4.69, 9.17) is 9.40 Å². The molecule has 3 heterocycles. The summed E-state index contributed by atoms with van der Waals surface area (Å²) in [5, 5.41) is 2.44. The summed E-state index contributed by atoms with van der Waals surface area (Å²) in [4.78, 5) is 4.97. The fraction of sp³-hybridized carbons (Fsp3) is 0. The van der Waals surface area contributed by atoms with E-state index in [1.165, 1.54) is 10.8 Å². The Morgan fingerprint density at radius 3 is 1.87 bits per heavy atom. The standard InChI is InChI=1S/C27H17N3O/c1-2-10-18(11-3-1)25-26(30-23-16-8-9-17-24(23)31-27(30)28-25)29-21-14-6-4-12-19(21)20-13-5-7-15-22(20)29/h1-17H. The highest BCUT2D eigenvalue weighted by Gasteiger charge is 2.24. The zero-order valence-corrected chi connectivity index (χ0v) is 16.6. The van der Waals surface area contributed by atoms with Crippen LogP contribution in [0, 0.1) is 0 Å². The fourth-order valence-electron chi connectivity index (χ4n) is 4.65. The maximum Gasteiger partial charge on any atom is 0.309 e. The van der Waals surface area contributed by atoms with Gasteiger partial charge < -0.3 is 4.42 Å². The summed E-state index contributed by atoms with van der Waals surface area (Å²) in [5.41, 5.74) is 6.08. The van der Waals surface area contributed by atoms with Crippen molar-refractivity contribution in [3.8, 4) is 17.1 Å². The van der Waals surface area contributed by atoms with Crippen LogP contribution in [0.5, 0.6) is 0 Å². The van der Waals surface area contributed by atoms with E-state index in [2.05, 4.69) is 75.7 Å². The minimum atomic E-state index is 0.594. The first kappa shape index (κ1) is 16.5. The van der Waals surface area contributed by atoms with E-state index in [1.54, 1.807) is 0 Å². The lowest BCUT2D eigenvalue weighted by atomic mass is 10.1. The Hall–Kier alpha value is -4.31. The number of benzene rings is 4. The quantitative estimate of drug-likeness (QED) is 0.319. The van der Waals surface area contributed by atoms with Crippen molar-refractivity contribution in [1.29, 1.82) is 0 Å². The number of imidazole rings is 1. The number of hydrogen-bond acceptors (Lipinski definition) is 2. The Labute approximate surface area is 177 Å². The van der Waals surface area contributed by atoms with Crippen LogP contribution in [0.1, 0.15) is 0 Å². The number of nitrogens with zero attached hydrogens (tertiary/aromatic N) is 3. The summed E-state index contributed by atoms with van der Waals surface area (Å²) in [7, 11) is 0. The molecule has 0 saturated carbocycles. The average Bonchev–Trinajstić information content (AvgIpc) is 3.47. The third-order valence-electron chi connectivity index (χ3n) is 5.97. The second kappa shape index (κ2) is 6.09. The molecule has 0 bridgehead atoms. The molecular formula is C27H17N3O. The molecule has 0 atom stereocenters. The lowest BCUT2D eigenvalue weighted by Crippen LogP contribution is -2.00. The van der Waals surface area contributed by atoms with Gasteiger partial charge in [0.1, 0.15) is 5.69 Å². The summed E-state index contributed by atoms with van der Waals surface area (Å²) in [6, 6.07) is 35.5. The van der Waals surface area contributed by atoms with Crippen LogP contribution >= 0.6 is 0 Å². The fourth-order valence-corrected chi connectivity index (χ4v) is 4.65. The van der Waals surface area contributed by atoms with Crippen LogP contribution in [0.4, 0.5) is 0 Å². The van der Waals surface area contributed by atoms with Gasteiger partial charge in [-0.15, -0.1) is 0 Å². The largest absolute Gasteiger partial charge is 0.423 e. The molecule has 4 heteroatoms. The summed E-state index contributed by atoms with van der Waals surface area (Å²) < 4.78 is 10.6. The van der Waals surface area contributed by atoms with Crippen molar-refractivity contribution in [3.05, 3.63) is 103 Å². The molecule has 0 fully saturated rings. The highest BCUT2D eigenvalue weighted by atomic mass is 16.4. The molecule has 0 radical (unpaired) electrons. The normalized spacial score (nSPS) is 11.9. The van der Waals surface area contributed by atoms with E-state index < -0.39 is 0 Å². The van der Waals surface area contributed by atoms with Crippen molar-refractivity contribution in [3.63, 3.8) is 0 Å². The highest BCUT2D eigenvalue weighted by molar-refractivity contribution is 6.09. The lowest BCUT2D eigenvalue weighted by Gasteiger charge is -2.10. The smallest absolute Gasteiger partial charge is 0.309 e. The first-order chi connectivity index (χ1) is 15.4. The van der Waals surface area contributed by atoms with Gasteiger partial charge in [0.25, 0.3) is 0 Å². The average molecular weight is 399 g/mol. The SMILES string of the molecule is c1ccc(-c2nc3oc4ccccc4n3c2-n2c3ccccc3c3ccccc32)cc1. The van der Waals surface area contributed by atoms with Crippen molar-refractivity contribution in [2.45, 2.75) is 0 Å². The topological polar surface area (TPSA) is 35.4 Å². The first-order valence-corrected chi connectivity index (χ1v) is 10.3. The Morgan fingerprint density at radius 1 is 0.581 bits per heavy atom. The van der Waals surface area contributed by atoms with Gasteiger partial charge in [0.05, 0.1) is 16.6 Å². The lowest BCUT2D eigenvalue weighted by molar-refractivity contribution is 0.641. The molecule has 4 nitrogen and oxygen atoms in total. The van der Waals surface area contributed by atoms with Crippen LogP contribution in [-0.4, -0.2) is 14.0 Å². The van der Waals surface area contributed by atoms with E-state index >= 15 is 0 Å². The van der Waals surface area contributed by atoms with Crippen LogP contribution in [0.2, 0.25) is 0 Å².